The fourth-order valence-electron chi connectivity index (χ4n) is 2.05. The number of alkyl halides is 1. The molecule has 90 valence electrons. The third kappa shape index (κ3) is 4.05. The summed E-state index contributed by atoms with van der Waals surface area (Å²) in [6.45, 7) is 8.99. The molecule has 1 atom stereocenters. The van der Waals surface area contributed by atoms with Gasteiger partial charge in [0, 0.05) is 0 Å². The van der Waals surface area contributed by atoms with Gasteiger partial charge < -0.3 is 4.74 Å². The van der Waals surface area contributed by atoms with Crippen LogP contribution in [0.1, 0.15) is 33.1 Å². The average molecular weight is 241 g/mol. The third-order valence-electron chi connectivity index (χ3n) is 2.92. The second-order valence-electron chi connectivity index (χ2n) is 4.49. The highest BCUT2D eigenvalue weighted by Gasteiger charge is 2.16. The molecule has 16 heavy (non-hydrogen) atoms. The molecule has 0 fully saturated rings. The van der Waals surface area contributed by atoms with Crippen molar-refractivity contribution in [1.29, 1.82) is 0 Å². The molecule has 1 aliphatic carbocycles. The van der Waals surface area contributed by atoms with E-state index in [0.29, 0.717) is 12.5 Å². The van der Waals surface area contributed by atoms with Gasteiger partial charge >= 0.3 is 0 Å². The van der Waals surface area contributed by atoms with Crippen molar-refractivity contribution in [2.24, 2.45) is 5.92 Å². The molecule has 1 aliphatic rings. The van der Waals surface area contributed by atoms with Crippen LogP contribution in [-0.2, 0) is 4.74 Å². The van der Waals surface area contributed by atoms with E-state index in [2.05, 4.69) is 26.5 Å². The topological polar surface area (TPSA) is 9.23 Å². The van der Waals surface area contributed by atoms with E-state index in [4.69, 9.17) is 16.3 Å². The van der Waals surface area contributed by atoms with Crippen molar-refractivity contribution in [3.05, 3.63) is 35.6 Å². The molecule has 0 radical (unpaired) electrons. The Balaban J connectivity index is 2.69. The van der Waals surface area contributed by atoms with Gasteiger partial charge in [-0.3, -0.25) is 0 Å². The Morgan fingerprint density at radius 3 is 3.00 bits per heavy atom. The molecule has 0 aromatic rings. The molecule has 0 aliphatic heterocycles. The molecule has 0 saturated carbocycles. The Kier molecular flexibility index (Phi) is 5.68. The van der Waals surface area contributed by atoms with E-state index in [-0.39, 0.29) is 0 Å². The van der Waals surface area contributed by atoms with Crippen LogP contribution >= 0.6 is 11.6 Å². The first kappa shape index (κ1) is 13.4. The SMILES string of the molecule is C=C(C)C1=C(/C=C/OCCCl)C[C@H](C)CC1. The van der Waals surface area contributed by atoms with Crippen LogP contribution in [0.15, 0.2) is 35.6 Å². The summed E-state index contributed by atoms with van der Waals surface area (Å²) in [5.74, 6) is 1.29. The highest BCUT2D eigenvalue weighted by atomic mass is 35.5. The van der Waals surface area contributed by atoms with Crippen molar-refractivity contribution in [2.45, 2.75) is 33.1 Å². The fraction of sp³-hybridized carbons (Fsp3) is 0.571. The van der Waals surface area contributed by atoms with Crippen molar-refractivity contribution >= 4 is 11.6 Å². The van der Waals surface area contributed by atoms with Gasteiger partial charge in [0.15, 0.2) is 0 Å². The predicted molar refractivity (Wildman–Crippen MR) is 70.7 cm³/mol. The Morgan fingerprint density at radius 1 is 1.62 bits per heavy atom. The first-order valence-corrected chi connectivity index (χ1v) is 6.40. The molecule has 0 bridgehead atoms. The lowest BCUT2D eigenvalue weighted by atomic mass is 9.82. The van der Waals surface area contributed by atoms with E-state index < -0.39 is 0 Å². The van der Waals surface area contributed by atoms with Gasteiger partial charge in [0.2, 0.25) is 0 Å². The van der Waals surface area contributed by atoms with E-state index in [9.17, 15) is 0 Å². The fourth-order valence-corrected chi connectivity index (χ4v) is 2.14. The standard InChI is InChI=1S/C14H21ClO/c1-11(2)14-5-4-12(3)10-13(14)6-8-16-9-7-15/h6,8,12H,1,4-5,7,9-10H2,2-3H3/b8-6+/t12-/m1/s1. The first-order chi connectivity index (χ1) is 7.65. The maximum Gasteiger partial charge on any atom is 0.101 e. The molecular weight excluding hydrogens is 220 g/mol. The highest BCUT2D eigenvalue weighted by molar-refractivity contribution is 6.17. The number of allylic oxidation sites excluding steroid dienone is 4. The molecule has 2 heteroatoms. The number of hydrogen-bond acceptors (Lipinski definition) is 1. The van der Waals surface area contributed by atoms with Crippen LogP contribution in [0.5, 0.6) is 0 Å². The average Bonchev–Trinajstić information content (AvgIpc) is 2.24. The molecule has 0 unspecified atom stereocenters. The number of rotatable bonds is 5. The van der Waals surface area contributed by atoms with Gasteiger partial charge in [0.05, 0.1) is 12.1 Å². The lowest BCUT2D eigenvalue weighted by Gasteiger charge is -2.23. The zero-order chi connectivity index (χ0) is 12.0. The molecule has 1 nitrogen and oxygen atoms in total. The summed E-state index contributed by atoms with van der Waals surface area (Å²) in [6, 6.07) is 0. The Morgan fingerprint density at radius 2 is 2.38 bits per heavy atom. The molecule has 0 N–H and O–H groups in total. The molecule has 0 amide bonds. The van der Waals surface area contributed by atoms with Crippen molar-refractivity contribution in [3.63, 3.8) is 0 Å². The minimum atomic E-state index is 0.535. The van der Waals surface area contributed by atoms with Crippen LogP contribution in [0.2, 0.25) is 0 Å². The smallest absolute Gasteiger partial charge is 0.101 e. The van der Waals surface area contributed by atoms with Gasteiger partial charge in [-0.15, -0.1) is 11.6 Å². The summed E-state index contributed by atoms with van der Waals surface area (Å²) in [5.41, 5.74) is 3.97. The minimum Gasteiger partial charge on any atom is -0.500 e. The largest absolute Gasteiger partial charge is 0.500 e. The zero-order valence-electron chi connectivity index (χ0n) is 10.3. The van der Waals surface area contributed by atoms with Gasteiger partial charge in [0.25, 0.3) is 0 Å². The Labute approximate surface area is 104 Å². The molecule has 1 rings (SSSR count). The van der Waals surface area contributed by atoms with Gasteiger partial charge in [0.1, 0.15) is 6.61 Å². The monoisotopic (exact) mass is 240 g/mol. The molecule has 0 heterocycles. The van der Waals surface area contributed by atoms with Gasteiger partial charge in [-0.05, 0) is 49.3 Å². The number of halogens is 1. The van der Waals surface area contributed by atoms with Crippen molar-refractivity contribution in [2.75, 3.05) is 12.5 Å². The van der Waals surface area contributed by atoms with Crippen LogP contribution in [-0.4, -0.2) is 12.5 Å². The van der Waals surface area contributed by atoms with E-state index >= 15 is 0 Å². The molecule has 0 aromatic carbocycles. The normalized spacial score (nSPS) is 21.6. The van der Waals surface area contributed by atoms with Crippen molar-refractivity contribution in [1.82, 2.24) is 0 Å². The Hall–Kier alpha value is -0.690. The zero-order valence-corrected chi connectivity index (χ0v) is 11.0. The van der Waals surface area contributed by atoms with Crippen molar-refractivity contribution < 1.29 is 4.74 Å². The predicted octanol–water partition coefficient (Wildman–Crippen LogP) is 4.45. The first-order valence-electron chi connectivity index (χ1n) is 5.87. The molecular formula is C14H21ClO. The van der Waals surface area contributed by atoms with Gasteiger partial charge in [-0.1, -0.05) is 19.1 Å². The number of hydrogen-bond donors (Lipinski definition) is 0. The van der Waals surface area contributed by atoms with E-state index in [1.165, 1.54) is 23.1 Å². The van der Waals surface area contributed by atoms with E-state index in [0.717, 1.165) is 18.8 Å². The molecule has 0 spiro atoms. The second kappa shape index (κ2) is 6.80. The maximum absolute atomic E-state index is 5.54. The molecule has 0 saturated heterocycles. The number of ether oxygens (including phenoxy) is 1. The van der Waals surface area contributed by atoms with Crippen LogP contribution in [0.25, 0.3) is 0 Å². The van der Waals surface area contributed by atoms with Gasteiger partial charge in [-0.25, -0.2) is 0 Å². The summed E-state index contributed by atoms with van der Waals surface area (Å²) in [5, 5.41) is 0. The van der Waals surface area contributed by atoms with Crippen LogP contribution in [0, 0.1) is 5.92 Å². The summed E-state index contributed by atoms with van der Waals surface area (Å²) in [4.78, 5) is 0. The summed E-state index contributed by atoms with van der Waals surface area (Å²) < 4.78 is 5.27. The Bertz CT molecular complexity index is 302. The van der Waals surface area contributed by atoms with Gasteiger partial charge in [-0.2, -0.15) is 0 Å². The maximum atomic E-state index is 5.54. The van der Waals surface area contributed by atoms with Crippen LogP contribution in [0.4, 0.5) is 0 Å². The lowest BCUT2D eigenvalue weighted by molar-refractivity contribution is 0.271. The summed E-state index contributed by atoms with van der Waals surface area (Å²) in [6.07, 6.45) is 7.38. The van der Waals surface area contributed by atoms with E-state index in [1.54, 1.807) is 6.26 Å². The van der Waals surface area contributed by atoms with Crippen molar-refractivity contribution in [3.8, 4) is 0 Å². The summed E-state index contributed by atoms with van der Waals surface area (Å²) in [7, 11) is 0. The molecule has 0 aromatic heterocycles. The summed E-state index contributed by atoms with van der Waals surface area (Å²) >= 11 is 5.54. The second-order valence-corrected chi connectivity index (χ2v) is 4.87. The van der Waals surface area contributed by atoms with Crippen LogP contribution < -0.4 is 0 Å². The highest BCUT2D eigenvalue weighted by Crippen LogP contribution is 2.33. The third-order valence-corrected chi connectivity index (χ3v) is 3.07. The minimum absolute atomic E-state index is 0.535. The van der Waals surface area contributed by atoms with E-state index in [1.807, 2.05) is 0 Å². The lowest BCUT2D eigenvalue weighted by Crippen LogP contribution is -2.07. The quantitative estimate of drug-likeness (QED) is 0.392. The van der Waals surface area contributed by atoms with Crippen LogP contribution in [0.3, 0.4) is 0 Å².